The SMILES string of the molecule is Cc1nn(C(N)=O)c(C)c1C(Cl)c1csc2ccccc12. The summed E-state index contributed by atoms with van der Waals surface area (Å²) in [6, 6.07) is 7.53. The third-order valence-corrected chi connectivity index (χ3v) is 5.03. The number of aromatic nitrogens is 2. The Labute approximate surface area is 131 Å². The fraction of sp³-hybridized carbons (Fsp3) is 0.200. The van der Waals surface area contributed by atoms with Crippen molar-refractivity contribution >= 4 is 39.1 Å². The maximum Gasteiger partial charge on any atom is 0.339 e. The maximum atomic E-state index is 11.4. The second-order valence-electron chi connectivity index (χ2n) is 4.88. The molecule has 2 heterocycles. The molecule has 3 rings (SSSR count). The molecule has 0 aliphatic rings. The van der Waals surface area contributed by atoms with E-state index in [-0.39, 0.29) is 5.38 Å². The molecule has 0 bridgehead atoms. The van der Waals surface area contributed by atoms with Gasteiger partial charge in [-0.15, -0.1) is 22.9 Å². The lowest BCUT2D eigenvalue weighted by atomic mass is 10.0. The van der Waals surface area contributed by atoms with Gasteiger partial charge in [-0.1, -0.05) is 18.2 Å². The summed E-state index contributed by atoms with van der Waals surface area (Å²) in [6.45, 7) is 3.65. The van der Waals surface area contributed by atoms with Crippen LogP contribution in [0.15, 0.2) is 29.6 Å². The van der Waals surface area contributed by atoms with E-state index in [4.69, 9.17) is 17.3 Å². The van der Waals surface area contributed by atoms with E-state index < -0.39 is 6.03 Å². The van der Waals surface area contributed by atoms with Crippen LogP contribution in [-0.2, 0) is 0 Å². The first-order valence-electron chi connectivity index (χ1n) is 6.47. The van der Waals surface area contributed by atoms with E-state index in [1.165, 1.54) is 9.38 Å². The summed E-state index contributed by atoms with van der Waals surface area (Å²) in [5.74, 6) is 0. The third kappa shape index (κ3) is 2.22. The van der Waals surface area contributed by atoms with Crippen LogP contribution in [0.2, 0.25) is 0 Å². The summed E-state index contributed by atoms with van der Waals surface area (Å²) in [5.41, 5.74) is 8.62. The van der Waals surface area contributed by atoms with E-state index >= 15 is 0 Å². The van der Waals surface area contributed by atoms with E-state index in [0.717, 1.165) is 22.2 Å². The lowest BCUT2D eigenvalue weighted by Gasteiger charge is -2.10. The zero-order valence-electron chi connectivity index (χ0n) is 11.6. The Morgan fingerprint density at radius 1 is 1.38 bits per heavy atom. The standard InChI is InChI=1S/C15H14ClN3OS/c1-8-13(9(2)19(18-8)15(17)20)14(16)11-7-21-12-6-4-3-5-10(11)12/h3-7,14H,1-2H3,(H2,17,20). The van der Waals surface area contributed by atoms with Crippen molar-refractivity contribution in [2.24, 2.45) is 5.73 Å². The molecule has 4 nitrogen and oxygen atoms in total. The molecule has 0 spiro atoms. The number of amides is 1. The van der Waals surface area contributed by atoms with Crippen molar-refractivity contribution in [2.45, 2.75) is 19.2 Å². The van der Waals surface area contributed by atoms with Gasteiger partial charge in [0.05, 0.1) is 16.8 Å². The number of nitrogens with two attached hydrogens (primary N) is 1. The summed E-state index contributed by atoms with van der Waals surface area (Å²) < 4.78 is 2.39. The molecule has 0 aliphatic heterocycles. The van der Waals surface area contributed by atoms with Crippen molar-refractivity contribution in [2.75, 3.05) is 0 Å². The van der Waals surface area contributed by atoms with Crippen LogP contribution in [0.25, 0.3) is 10.1 Å². The minimum absolute atomic E-state index is 0.353. The van der Waals surface area contributed by atoms with E-state index in [1.54, 1.807) is 11.3 Å². The smallest absolute Gasteiger partial charge is 0.339 e. The average molecular weight is 320 g/mol. The number of alkyl halides is 1. The molecule has 3 aromatic rings. The van der Waals surface area contributed by atoms with Gasteiger partial charge >= 0.3 is 6.03 Å². The van der Waals surface area contributed by atoms with E-state index in [0.29, 0.717) is 5.69 Å². The van der Waals surface area contributed by atoms with Gasteiger partial charge in [-0.2, -0.15) is 9.78 Å². The van der Waals surface area contributed by atoms with E-state index in [1.807, 2.05) is 26.0 Å². The summed E-state index contributed by atoms with van der Waals surface area (Å²) in [5, 5.41) is 7.02. The Balaban J connectivity index is 2.15. The molecule has 6 heteroatoms. The number of benzene rings is 1. The monoisotopic (exact) mass is 319 g/mol. The topological polar surface area (TPSA) is 60.9 Å². The molecular weight excluding hydrogens is 306 g/mol. The van der Waals surface area contributed by atoms with Crippen molar-refractivity contribution in [3.63, 3.8) is 0 Å². The number of hydrogen-bond donors (Lipinski definition) is 1. The van der Waals surface area contributed by atoms with Crippen LogP contribution < -0.4 is 5.73 Å². The highest BCUT2D eigenvalue weighted by Crippen LogP contribution is 2.39. The normalized spacial score (nSPS) is 12.7. The largest absolute Gasteiger partial charge is 0.350 e. The quantitative estimate of drug-likeness (QED) is 0.726. The molecule has 1 aromatic carbocycles. The van der Waals surface area contributed by atoms with Gasteiger partial charge in [0.2, 0.25) is 0 Å². The Kier molecular flexibility index (Phi) is 3.47. The highest BCUT2D eigenvalue weighted by Gasteiger charge is 2.24. The second kappa shape index (κ2) is 5.16. The molecule has 108 valence electrons. The zero-order valence-corrected chi connectivity index (χ0v) is 13.2. The molecule has 0 aliphatic carbocycles. The van der Waals surface area contributed by atoms with Gasteiger partial charge < -0.3 is 5.73 Å². The van der Waals surface area contributed by atoms with Crippen molar-refractivity contribution in [1.29, 1.82) is 0 Å². The number of carbonyl (C=O) groups excluding carboxylic acids is 1. The van der Waals surface area contributed by atoms with Gasteiger partial charge in [0, 0.05) is 10.3 Å². The number of thiophene rings is 1. The van der Waals surface area contributed by atoms with Gasteiger partial charge in [-0.3, -0.25) is 0 Å². The highest BCUT2D eigenvalue weighted by atomic mass is 35.5. The molecule has 0 saturated heterocycles. The van der Waals surface area contributed by atoms with Gasteiger partial charge in [0.25, 0.3) is 0 Å². The molecule has 1 amide bonds. The van der Waals surface area contributed by atoms with E-state index in [9.17, 15) is 4.79 Å². The number of rotatable bonds is 2. The molecule has 1 unspecified atom stereocenters. The molecule has 2 N–H and O–H groups in total. The Morgan fingerprint density at radius 2 is 2.10 bits per heavy atom. The molecule has 21 heavy (non-hydrogen) atoms. The first-order chi connectivity index (χ1) is 10.0. The maximum absolute atomic E-state index is 11.4. The van der Waals surface area contributed by atoms with Crippen LogP contribution in [0.5, 0.6) is 0 Å². The van der Waals surface area contributed by atoms with Gasteiger partial charge in [-0.05, 0) is 36.2 Å². The summed E-state index contributed by atoms with van der Waals surface area (Å²) in [7, 11) is 0. The number of fused-ring (bicyclic) bond motifs is 1. The summed E-state index contributed by atoms with van der Waals surface area (Å²) in [6.07, 6.45) is 0. The number of halogens is 1. The van der Waals surface area contributed by atoms with Crippen molar-refractivity contribution in [3.05, 3.63) is 52.2 Å². The van der Waals surface area contributed by atoms with Crippen LogP contribution in [0.3, 0.4) is 0 Å². The predicted molar refractivity (Wildman–Crippen MR) is 86.2 cm³/mol. The van der Waals surface area contributed by atoms with Crippen LogP contribution >= 0.6 is 22.9 Å². The molecule has 0 fully saturated rings. The number of nitrogens with zero attached hydrogens (tertiary/aromatic N) is 2. The first kappa shape index (κ1) is 14.1. The van der Waals surface area contributed by atoms with Gasteiger partial charge in [-0.25, -0.2) is 4.79 Å². The zero-order chi connectivity index (χ0) is 15.1. The molecule has 0 saturated carbocycles. The minimum atomic E-state index is -0.596. The number of hydrogen-bond acceptors (Lipinski definition) is 3. The fourth-order valence-corrected chi connectivity index (χ4v) is 4.14. The van der Waals surface area contributed by atoms with Crippen molar-refractivity contribution < 1.29 is 4.79 Å². The van der Waals surface area contributed by atoms with Crippen molar-refractivity contribution in [3.8, 4) is 0 Å². The number of primary amides is 1. The first-order valence-corrected chi connectivity index (χ1v) is 7.78. The van der Waals surface area contributed by atoms with Crippen LogP contribution in [0.1, 0.15) is 27.9 Å². The summed E-state index contributed by atoms with van der Waals surface area (Å²) in [4.78, 5) is 11.4. The average Bonchev–Trinajstić information content (AvgIpc) is 3.00. The van der Waals surface area contributed by atoms with Gasteiger partial charge in [0.1, 0.15) is 0 Å². The fourth-order valence-electron chi connectivity index (χ4n) is 2.59. The minimum Gasteiger partial charge on any atom is -0.350 e. The Morgan fingerprint density at radius 3 is 2.76 bits per heavy atom. The Hall–Kier alpha value is -1.85. The molecular formula is C15H14ClN3OS. The van der Waals surface area contributed by atoms with Crippen LogP contribution in [0, 0.1) is 13.8 Å². The predicted octanol–water partition coefficient (Wildman–Crippen LogP) is 3.97. The Bertz CT molecular complexity index is 837. The van der Waals surface area contributed by atoms with Crippen LogP contribution in [0.4, 0.5) is 4.79 Å². The molecule has 0 radical (unpaired) electrons. The molecule has 2 aromatic heterocycles. The lowest BCUT2D eigenvalue weighted by Crippen LogP contribution is -2.22. The van der Waals surface area contributed by atoms with Gasteiger partial charge in [0.15, 0.2) is 0 Å². The number of aryl methyl sites for hydroxylation is 1. The highest BCUT2D eigenvalue weighted by molar-refractivity contribution is 7.17. The van der Waals surface area contributed by atoms with Crippen molar-refractivity contribution in [1.82, 2.24) is 9.78 Å². The van der Waals surface area contributed by atoms with E-state index in [2.05, 4.69) is 22.6 Å². The molecule has 1 atom stereocenters. The third-order valence-electron chi connectivity index (χ3n) is 3.59. The summed E-state index contributed by atoms with van der Waals surface area (Å²) >= 11 is 8.34. The second-order valence-corrected chi connectivity index (χ2v) is 6.23. The lowest BCUT2D eigenvalue weighted by molar-refractivity contribution is 0.247. The van der Waals surface area contributed by atoms with Crippen LogP contribution in [-0.4, -0.2) is 15.8 Å². The number of carbonyl (C=O) groups is 1.